The van der Waals surface area contributed by atoms with Gasteiger partial charge in [0.1, 0.15) is 5.69 Å². The Morgan fingerprint density at radius 3 is 3.10 bits per heavy atom. The van der Waals surface area contributed by atoms with Crippen LogP contribution in [-0.2, 0) is 4.74 Å². The summed E-state index contributed by atoms with van der Waals surface area (Å²) < 4.78 is 6.38. The van der Waals surface area contributed by atoms with E-state index in [0.29, 0.717) is 24.3 Å². The number of anilines is 1. The SMILES string of the molecule is CC1CN(c2ccc3scnc3c2[N+](=O)[O-])CC(CO)O1. The van der Waals surface area contributed by atoms with Crippen molar-refractivity contribution < 1.29 is 14.8 Å². The third-order valence-electron chi connectivity index (χ3n) is 3.51. The largest absolute Gasteiger partial charge is 0.394 e. The first-order chi connectivity index (χ1) is 10.1. The van der Waals surface area contributed by atoms with Crippen LogP contribution < -0.4 is 4.90 Å². The summed E-state index contributed by atoms with van der Waals surface area (Å²) >= 11 is 1.38. The summed E-state index contributed by atoms with van der Waals surface area (Å²) in [7, 11) is 0. The molecule has 1 N–H and O–H groups in total. The molecule has 0 amide bonds. The molecule has 0 bridgehead atoms. The molecule has 1 aliphatic rings. The molecule has 0 radical (unpaired) electrons. The van der Waals surface area contributed by atoms with Crippen LogP contribution >= 0.6 is 11.3 Å². The maximum Gasteiger partial charge on any atom is 0.319 e. The number of thiazole rings is 1. The number of fused-ring (bicyclic) bond motifs is 1. The number of aliphatic hydroxyl groups excluding tert-OH is 1. The number of rotatable bonds is 3. The number of aliphatic hydroxyl groups is 1. The maximum absolute atomic E-state index is 11.5. The molecule has 7 nitrogen and oxygen atoms in total. The zero-order chi connectivity index (χ0) is 15.0. The van der Waals surface area contributed by atoms with Gasteiger partial charge in [-0.1, -0.05) is 0 Å². The van der Waals surface area contributed by atoms with E-state index in [9.17, 15) is 15.2 Å². The van der Waals surface area contributed by atoms with E-state index in [4.69, 9.17) is 4.74 Å². The zero-order valence-corrected chi connectivity index (χ0v) is 12.2. The molecule has 1 saturated heterocycles. The summed E-state index contributed by atoms with van der Waals surface area (Å²) in [6.45, 7) is 2.76. The van der Waals surface area contributed by atoms with Gasteiger partial charge in [0, 0.05) is 13.1 Å². The number of nitro benzene ring substituents is 1. The average Bonchev–Trinajstić information content (AvgIpc) is 2.93. The second-order valence-electron chi connectivity index (χ2n) is 5.05. The lowest BCUT2D eigenvalue weighted by atomic mass is 10.1. The Morgan fingerprint density at radius 1 is 1.57 bits per heavy atom. The number of morpholine rings is 1. The Kier molecular flexibility index (Phi) is 3.75. The molecule has 1 aromatic heterocycles. The molecule has 8 heteroatoms. The van der Waals surface area contributed by atoms with Crippen molar-refractivity contribution in [1.29, 1.82) is 0 Å². The molecule has 112 valence electrons. The fourth-order valence-corrected chi connectivity index (χ4v) is 3.36. The second-order valence-corrected chi connectivity index (χ2v) is 5.93. The molecule has 2 atom stereocenters. The van der Waals surface area contributed by atoms with E-state index in [-0.39, 0.29) is 29.4 Å². The molecule has 0 saturated carbocycles. The minimum atomic E-state index is -0.383. The topological polar surface area (TPSA) is 88.7 Å². The minimum absolute atomic E-state index is 0.0274. The van der Waals surface area contributed by atoms with Crippen LogP contribution in [-0.4, -0.2) is 46.9 Å². The van der Waals surface area contributed by atoms with Crippen LogP contribution in [0.2, 0.25) is 0 Å². The van der Waals surface area contributed by atoms with Gasteiger partial charge in [-0.3, -0.25) is 10.1 Å². The van der Waals surface area contributed by atoms with Crippen LogP contribution in [0.5, 0.6) is 0 Å². The van der Waals surface area contributed by atoms with Gasteiger partial charge in [0.05, 0.1) is 33.9 Å². The van der Waals surface area contributed by atoms with E-state index < -0.39 is 0 Å². The number of aromatic nitrogens is 1. The van der Waals surface area contributed by atoms with Crippen molar-refractivity contribution in [3.63, 3.8) is 0 Å². The van der Waals surface area contributed by atoms with Crippen molar-refractivity contribution in [3.05, 3.63) is 27.8 Å². The second kappa shape index (κ2) is 5.55. The zero-order valence-electron chi connectivity index (χ0n) is 11.4. The summed E-state index contributed by atoms with van der Waals surface area (Å²) in [6, 6.07) is 3.61. The molecule has 3 rings (SSSR count). The number of benzene rings is 1. The summed E-state index contributed by atoms with van der Waals surface area (Å²) in [6.07, 6.45) is -0.430. The lowest BCUT2D eigenvalue weighted by Gasteiger charge is -2.37. The molecule has 2 unspecified atom stereocenters. The standard InChI is InChI=1S/C13H15N3O4S/c1-8-4-15(5-9(6-17)20-8)10-2-3-11-12(14-7-21-11)13(10)16(18)19/h2-3,7-9,17H,4-6H2,1H3. The van der Waals surface area contributed by atoms with Crippen LogP contribution in [0.25, 0.3) is 10.2 Å². The van der Waals surface area contributed by atoms with Crippen LogP contribution in [0.4, 0.5) is 11.4 Å². The van der Waals surface area contributed by atoms with E-state index in [1.807, 2.05) is 17.9 Å². The molecule has 0 spiro atoms. The van der Waals surface area contributed by atoms with Gasteiger partial charge in [-0.05, 0) is 19.1 Å². The fraction of sp³-hybridized carbons (Fsp3) is 0.462. The van der Waals surface area contributed by atoms with Crippen molar-refractivity contribution in [2.24, 2.45) is 0 Å². The van der Waals surface area contributed by atoms with Crippen molar-refractivity contribution in [2.45, 2.75) is 19.1 Å². The van der Waals surface area contributed by atoms with E-state index in [2.05, 4.69) is 4.98 Å². The van der Waals surface area contributed by atoms with E-state index in [1.165, 1.54) is 11.3 Å². The predicted molar refractivity (Wildman–Crippen MR) is 79.9 cm³/mol. The van der Waals surface area contributed by atoms with Gasteiger partial charge in [-0.25, -0.2) is 4.98 Å². The van der Waals surface area contributed by atoms with Gasteiger partial charge in [0.2, 0.25) is 0 Å². The lowest BCUT2D eigenvalue weighted by molar-refractivity contribution is -0.382. The highest BCUT2D eigenvalue weighted by Crippen LogP contribution is 2.37. The Morgan fingerprint density at radius 2 is 2.38 bits per heavy atom. The smallest absolute Gasteiger partial charge is 0.319 e. The third-order valence-corrected chi connectivity index (χ3v) is 4.30. The van der Waals surface area contributed by atoms with Crippen molar-refractivity contribution in [1.82, 2.24) is 4.98 Å². The van der Waals surface area contributed by atoms with Crippen molar-refractivity contribution in [2.75, 3.05) is 24.6 Å². The number of hydrogen-bond acceptors (Lipinski definition) is 7. The first-order valence-corrected chi connectivity index (χ1v) is 7.50. The first-order valence-electron chi connectivity index (χ1n) is 6.62. The first kappa shape index (κ1) is 14.2. The summed E-state index contributed by atoms with van der Waals surface area (Å²) in [4.78, 5) is 17.1. The fourth-order valence-electron chi connectivity index (χ4n) is 2.68. The normalized spacial score (nSPS) is 22.7. The van der Waals surface area contributed by atoms with Crippen LogP contribution in [0.3, 0.4) is 0 Å². The molecule has 2 heterocycles. The number of nitrogens with zero attached hydrogens (tertiary/aromatic N) is 3. The van der Waals surface area contributed by atoms with Gasteiger partial charge in [0.15, 0.2) is 5.52 Å². The lowest BCUT2D eigenvalue weighted by Crippen LogP contribution is -2.48. The van der Waals surface area contributed by atoms with Gasteiger partial charge in [-0.15, -0.1) is 11.3 Å². The van der Waals surface area contributed by atoms with Crippen molar-refractivity contribution in [3.8, 4) is 0 Å². The molecule has 2 aromatic rings. The Bertz CT molecular complexity index is 674. The molecular formula is C13H15N3O4S. The maximum atomic E-state index is 11.5. The average molecular weight is 309 g/mol. The Labute approximate surface area is 124 Å². The van der Waals surface area contributed by atoms with Gasteiger partial charge < -0.3 is 14.7 Å². The van der Waals surface area contributed by atoms with Gasteiger partial charge in [-0.2, -0.15) is 0 Å². The molecule has 1 aromatic carbocycles. The van der Waals surface area contributed by atoms with Crippen LogP contribution in [0, 0.1) is 10.1 Å². The summed E-state index contributed by atoms with van der Waals surface area (Å²) in [5, 5.41) is 20.8. The molecule has 21 heavy (non-hydrogen) atoms. The third kappa shape index (κ3) is 2.57. The highest BCUT2D eigenvalue weighted by atomic mass is 32.1. The number of ether oxygens (including phenoxy) is 1. The highest BCUT2D eigenvalue weighted by Gasteiger charge is 2.30. The van der Waals surface area contributed by atoms with E-state index in [1.54, 1.807) is 11.6 Å². The van der Waals surface area contributed by atoms with E-state index in [0.717, 1.165) is 4.70 Å². The van der Waals surface area contributed by atoms with Crippen molar-refractivity contribution >= 4 is 32.9 Å². The van der Waals surface area contributed by atoms with Gasteiger partial charge in [0.25, 0.3) is 0 Å². The number of nitro groups is 1. The molecule has 0 aliphatic carbocycles. The molecule has 1 fully saturated rings. The summed E-state index contributed by atoms with van der Waals surface area (Å²) in [5.74, 6) is 0. The summed E-state index contributed by atoms with van der Waals surface area (Å²) in [5.41, 5.74) is 2.59. The quantitative estimate of drug-likeness (QED) is 0.687. The Balaban J connectivity index is 2.06. The predicted octanol–water partition coefficient (Wildman–Crippen LogP) is 1.79. The minimum Gasteiger partial charge on any atom is -0.394 e. The van der Waals surface area contributed by atoms with Crippen LogP contribution in [0.1, 0.15) is 6.92 Å². The van der Waals surface area contributed by atoms with Gasteiger partial charge >= 0.3 is 5.69 Å². The molecule has 1 aliphatic heterocycles. The monoisotopic (exact) mass is 309 g/mol. The van der Waals surface area contributed by atoms with E-state index >= 15 is 0 Å². The molecular weight excluding hydrogens is 294 g/mol. The highest BCUT2D eigenvalue weighted by molar-refractivity contribution is 7.16. The Hall–Kier alpha value is -1.77. The number of hydrogen-bond donors (Lipinski definition) is 1. The van der Waals surface area contributed by atoms with Crippen LogP contribution in [0.15, 0.2) is 17.6 Å².